The minimum Gasteiger partial charge on any atom is -0.320 e. The second kappa shape index (κ2) is 9.30. The monoisotopic (exact) mass is 483 g/mol. The Balaban J connectivity index is 1.88. The summed E-state index contributed by atoms with van der Waals surface area (Å²) < 4.78 is 53.9. The van der Waals surface area contributed by atoms with Crippen LogP contribution in [0.25, 0.3) is 28.0 Å². The summed E-state index contributed by atoms with van der Waals surface area (Å²) in [5.74, 6) is -2.09. The van der Waals surface area contributed by atoms with Crippen molar-refractivity contribution in [3.63, 3.8) is 0 Å². The molecule has 4 aromatic rings. The molecule has 0 bridgehead atoms. The lowest BCUT2D eigenvalue weighted by atomic mass is 10.1. The van der Waals surface area contributed by atoms with Crippen LogP contribution in [0.2, 0.25) is 0 Å². The number of carbonyl (C=O) groups excluding carboxylic acids is 1. The molecule has 1 amide bonds. The van der Waals surface area contributed by atoms with E-state index >= 15 is 0 Å². The summed E-state index contributed by atoms with van der Waals surface area (Å²) in [7, 11) is 3.78. The van der Waals surface area contributed by atoms with Gasteiger partial charge in [-0.15, -0.1) is 0 Å². The zero-order chi connectivity index (χ0) is 25.3. The second-order valence-electron chi connectivity index (χ2n) is 8.15. The Bertz CT molecular complexity index is 1410. The number of aromatic nitrogens is 3. The van der Waals surface area contributed by atoms with Crippen molar-refractivity contribution < 1.29 is 22.4 Å². The summed E-state index contributed by atoms with van der Waals surface area (Å²) in [6.45, 7) is 3.52. The number of nitrogens with one attached hydrogen (secondary N) is 1. The normalized spacial score (nSPS) is 11.7. The maximum atomic E-state index is 13.2. The molecule has 180 valence electrons. The lowest BCUT2D eigenvalue weighted by Crippen LogP contribution is -2.15. The highest BCUT2D eigenvalue weighted by Gasteiger charge is 2.30. The van der Waals surface area contributed by atoms with E-state index in [1.165, 1.54) is 12.1 Å². The van der Waals surface area contributed by atoms with Gasteiger partial charge in [0.25, 0.3) is 5.91 Å². The second-order valence-corrected chi connectivity index (χ2v) is 8.15. The molecule has 6 nitrogen and oxygen atoms in total. The first-order valence-corrected chi connectivity index (χ1v) is 10.5. The number of nitrogens with zero attached hydrogens (tertiary/aromatic N) is 4. The van der Waals surface area contributed by atoms with E-state index in [0.717, 1.165) is 17.7 Å². The Labute approximate surface area is 198 Å². The minimum absolute atomic E-state index is 0.321. The predicted octanol–water partition coefficient (Wildman–Crippen LogP) is 5.59. The highest BCUT2D eigenvalue weighted by Crippen LogP contribution is 2.34. The van der Waals surface area contributed by atoms with Gasteiger partial charge in [-0.3, -0.25) is 4.79 Å². The van der Waals surface area contributed by atoms with Gasteiger partial charge in [0.1, 0.15) is 5.69 Å². The van der Waals surface area contributed by atoms with Gasteiger partial charge in [0, 0.05) is 29.4 Å². The molecule has 2 aromatic heterocycles. The highest BCUT2D eigenvalue weighted by atomic mass is 19.4. The first-order valence-electron chi connectivity index (χ1n) is 10.5. The SMILES string of the molecule is C=C(F)C(=O)Nc1ccc(CN(C)C)c(-n2nc(-c3ccc(C(F)(F)F)cc3)c3cccnc32)c1. The van der Waals surface area contributed by atoms with Gasteiger partial charge < -0.3 is 10.2 Å². The first-order chi connectivity index (χ1) is 16.5. The summed E-state index contributed by atoms with van der Waals surface area (Å²) >= 11 is 0. The minimum atomic E-state index is -4.45. The lowest BCUT2D eigenvalue weighted by molar-refractivity contribution is -0.137. The molecule has 0 spiro atoms. The molecule has 0 atom stereocenters. The number of hydrogen-bond donors (Lipinski definition) is 1. The number of pyridine rings is 1. The molecule has 1 N–H and O–H groups in total. The molecule has 4 rings (SSSR count). The molecule has 0 saturated carbocycles. The molecule has 10 heteroatoms. The summed E-state index contributed by atoms with van der Waals surface area (Å²) in [5.41, 5.74) is 2.38. The number of halogens is 4. The van der Waals surface area contributed by atoms with Gasteiger partial charge in [-0.05, 0) is 56.1 Å². The standard InChI is InChI=1S/C25H21F4N5O/c1-15(26)24(35)31-19-11-8-17(14-33(2)3)21(13-19)34-23-20(5-4-12-30-23)22(32-34)16-6-9-18(10-7-16)25(27,28)29/h4-13H,1,14H2,2-3H3,(H,31,35). The van der Waals surface area contributed by atoms with E-state index < -0.39 is 23.5 Å². The zero-order valence-corrected chi connectivity index (χ0v) is 18.9. The number of carbonyl (C=O) groups is 1. The number of rotatable bonds is 6. The van der Waals surface area contributed by atoms with E-state index in [0.29, 0.717) is 40.2 Å². The summed E-state index contributed by atoms with van der Waals surface area (Å²) in [4.78, 5) is 18.2. The van der Waals surface area contributed by atoms with Gasteiger partial charge in [0.15, 0.2) is 11.5 Å². The average Bonchev–Trinajstić information content (AvgIpc) is 3.19. The maximum absolute atomic E-state index is 13.2. The largest absolute Gasteiger partial charge is 0.416 e. The number of anilines is 1. The van der Waals surface area contributed by atoms with Crippen molar-refractivity contribution in [2.75, 3.05) is 19.4 Å². The molecule has 0 aliphatic carbocycles. The van der Waals surface area contributed by atoms with Crippen LogP contribution < -0.4 is 5.32 Å². The van der Waals surface area contributed by atoms with E-state index in [2.05, 4.69) is 16.9 Å². The molecule has 0 aliphatic heterocycles. The summed E-state index contributed by atoms with van der Waals surface area (Å²) in [6.07, 6.45) is -2.86. The van der Waals surface area contributed by atoms with Crippen molar-refractivity contribution in [3.8, 4) is 16.9 Å². The molecule has 0 saturated heterocycles. The third-order valence-electron chi connectivity index (χ3n) is 5.23. The van der Waals surface area contributed by atoms with Crippen molar-refractivity contribution in [2.45, 2.75) is 12.7 Å². The summed E-state index contributed by atoms with van der Waals surface area (Å²) in [5, 5.41) is 7.77. The molecule has 2 aromatic carbocycles. The molecular formula is C25H21F4N5O. The zero-order valence-electron chi connectivity index (χ0n) is 18.9. The fourth-order valence-corrected chi connectivity index (χ4v) is 3.66. The van der Waals surface area contributed by atoms with Crippen molar-refractivity contribution in [1.82, 2.24) is 19.7 Å². The van der Waals surface area contributed by atoms with Gasteiger partial charge >= 0.3 is 6.18 Å². The molecule has 35 heavy (non-hydrogen) atoms. The van der Waals surface area contributed by atoms with Crippen LogP contribution in [0.5, 0.6) is 0 Å². The van der Waals surface area contributed by atoms with E-state index in [-0.39, 0.29) is 0 Å². The van der Waals surface area contributed by atoms with Crippen LogP contribution in [0.4, 0.5) is 23.2 Å². The Morgan fingerprint density at radius 1 is 1.11 bits per heavy atom. The van der Waals surface area contributed by atoms with Crippen LogP contribution in [0.15, 0.2) is 73.2 Å². The number of amides is 1. The number of alkyl halides is 3. The van der Waals surface area contributed by atoms with Crippen LogP contribution in [0, 0.1) is 0 Å². The van der Waals surface area contributed by atoms with Crippen LogP contribution >= 0.6 is 0 Å². The van der Waals surface area contributed by atoms with Gasteiger partial charge in [-0.2, -0.15) is 18.3 Å². The third-order valence-corrected chi connectivity index (χ3v) is 5.23. The van der Waals surface area contributed by atoms with E-state index in [1.807, 2.05) is 19.0 Å². The van der Waals surface area contributed by atoms with Gasteiger partial charge in [-0.25, -0.2) is 14.1 Å². The Hall–Kier alpha value is -4.05. The Morgan fingerprint density at radius 2 is 1.83 bits per heavy atom. The van der Waals surface area contributed by atoms with Gasteiger partial charge in [0.05, 0.1) is 11.3 Å². The molecule has 0 radical (unpaired) electrons. The lowest BCUT2D eigenvalue weighted by Gasteiger charge is -2.16. The molecule has 0 aliphatic rings. The highest BCUT2D eigenvalue weighted by molar-refractivity contribution is 6.02. The van der Waals surface area contributed by atoms with Crippen LogP contribution in [0.3, 0.4) is 0 Å². The maximum Gasteiger partial charge on any atom is 0.416 e. The van der Waals surface area contributed by atoms with Crippen LogP contribution in [-0.2, 0) is 17.5 Å². The van der Waals surface area contributed by atoms with Crippen molar-refractivity contribution in [3.05, 3.63) is 84.3 Å². The van der Waals surface area contributed by atoms with E-state index in [1.54, 1.807) is 41.2 Å². The Kier molecular flexibility index (Phi) is 6.40. The fourth-order valence-electron chi connectivity index (χ4n) is 3.66. The van der Waals surface area contributed by atoms with Crippen LogP contribution in [-0.4, -0.2) is 39.7 Å². The van der Waals surface area contributed by atoms with E-state index in [4.69, 9.17) is 5.10 Å². The van der Waals surface area contributed by atoms with Crippen molar-refractivity contribution >= 4 is 22.6 Å². The molecular weight excluding hydrogens is 462 g/mol. The Morgan fingerprint density at radius 3 is 2.46 bits per heavy atom. The average molecular weight is 483 g/mol. The molecule has 0 fully saturated rings. The molecule has 2 heterocycles. The van der Waals surface area contributed by atoms with E-state index in [9.17, 15) is 22.4 Å². The summed E-state index contributed by atoms with van der Waals surface area (Å²) in [6, 6.07) is 13.3. The van der Waals surface area contributed by atoms with Crippen molar-refractivity contribution in [1.29, 1.82) is 0 Å². The number of fused-ring (bicyclic) bond motifs is 1. The smallest absolute Gasteiger partial charge is 0.320 e. The number of benzene rings is 2. The van der Waals surface area contributed by atoms with Gasteiger partial charge in [0.2, 0.25) is 0 Å². The quantitative estimate of drug-likeness (QED) is 0.287. The topological polar surface area (TPSA) is 63.1 Å². The van der Waals surface area contributed by atoms with Crippen LogP contribution in [0.1, 0.15) is 11.1 Å². The van der Waals surface area contributed by atoms with Gasteiger partial charge in [-0.1, -0.05) is 24.8 Å². The first kappa shape index (κ1) is 24.1. The third kappa shape index (κ3) is 5.07. The molecule has 0 unspecified atom stereocenters. The number of hydrogen-bond acceptors (Lipinski definition) is 4. The fraction of sp³-hybridized carbons (Fsp3) is 0.160. The van der Waals surface area contributed by atoms with Crippen molar-refractivity contribution in [2.24, 2.45) is 0 Å². The predicted molar refractivity (Wildman–Crippen MR) is 126 cm³/mol.